The first-order valence-corrected chi connectivity index (χ1v) is 8.66. The van der Waals surface area contributed by atoms with Gasteiger partial charge in [-0.25, -0.2) is 0 Å². The van der Waals surface area contributed by atoms with Crippen molar-refractivity contribution in [2.75, 3.05) is 11.6 Å². The standard InChI is InChI=1S/C17H18Cl2S/c18-13-15(11-14-5-4-6-16(19)12-14)9-10-20-17-7-2-1-3-8-17/h1-8,12,15H,9-11,13H2. The predicted molar refractivity (Wildman–Crippen MR) is 91.1 cm³/mol. The van der Waals surface area contributed by atoms with Crippen molar-refractivity contribution >= 4 is 35.0 Å². The third-order valence-electron chi connectivity index (χ3n) is 3.17. The summed E-state index contributed by atoms with van der Waals surface area (Å²) in [6, 6.07) is 18.6. The Labute approximate surface area is 135 Å². The first-order valence-electron chi connectivity index (χ1n) is 6.76. The first kappa shape index (κ1) is 15.8. The van der Waals surface area contributed by atoms with Gasteiger partial charge >= 0.3 is 0 Å². The average molecular weight is 325 g/mol. The highest BCUT2D eigenvalue weighted by Gasteiger charge is 2.09. The molecule has 0 heterocycles. The van der Waals surface area contributed by atoms with Gasteiger partial charge in [-0.1, -0.05) is 41.9 Å². The maximum atomic E-state index is 6.10. The molecule has 0 aromatic heterocycles. The van der Waals surface area contributed by atoms with Crippen molar-refractivity contribution in [3.63, 3.8) is 0 Å². The Morgan fingerprint density at radius 2 is 1.80 bits per heavy atom. The molecule has 0 saturated carbocycles. The highest BCUT2D eigenvalue weighted by molar-refractivity contribution is 7.99. The van der Waals surface area contributed by atoms with Crippen molar-refractivity contribution in [3.8, 4) is 0 Å². The Morgan fingerprint density at radius 3 is 2.50 bits per heavy atom. The van der Waals surface area contributed by atoms with Gasteiger partial charge in [0, 0.05) is 15.8 Å². The van der Waals surface area contributed by atoms with Gasteiger partial charge < -0.3 is 0 Å². The molecule has 2 rings (SSSR count). The van der Waals surface area contributed by atoms with E-state index in [9.17, 15) is 0 Å². The Hall–Kier alpha value is -0.630. The monoisotopic (exact) mass is 324 g/mol. The van der Waals surface area contributed by atoms with Crippen LogP contribution in [0, 0.1) is 5.92 Å². The van der Waals surface area contributed by atoms with Crippen LogP contribution in [0.25, 0.3) is 0 Å². The lowest BCUT2D eigenvalue weighted by atomic mass is 9.99. The maximum absolute atomic E-state index is 6.10. The molecular weight excluding hydrogens is 307 g/mol. The van der Waals surface area contributed by atoms with Gasteiger partial charge in [0.2, 0.25) is 0 Å². The molecule has 1 unspecified atom stereocenters. The van der Waals surface area contributed by atoms with Crippen molar-refractivity contribution in [3.05, 3.63) is 65.2 Å². The molecule has 0 spiro atoms. The summed E-state index contributed by atoms with van der Waals surface area (Å²) < 4.78 is 0. The zero-order valence-electron chi connectivity index (χ0n) is 11.3. The molecule has 106 valence electrons. The zero-order chi connectivity index (χ0) is 14.2. The van der Waals surface area contributed by atoms with E-state index in [2.05, 4.69) is 30.3 Å². The minimum atomic E-state index is 0.506. The summed E-state index contributed by atoms with van der Waals surface area (Å²) in [4.78, 5) is 1.32. The van der Waals surface area contributed by atoms with Crippen molar-refractivity contribution in [2.24, 2.45) is 5.92 Å². The van der Waals surface area contributed by atoms with Gasteiger partial charge in [-0.15, -0.1) is 23.4 Å². The number of halogens is 2. The van der Waals surface area contributed by atoms with Crippen LogP contribution in [0.5, 0.6) is 0 Å². The van der Waals surface area contributed by atoms with Crippen LogP contribution in [0.3, 0.4) is 0 Å². The number of benzene rings is 2. The second kappa shape index (κ2) is 8.61. The summed E-state index contributed by atoms with van der Waals surface area (Å²) in [5.74, 6) is 2.30. The normalized spacial score (nSPS) is 12.3. The van der Waals surface area contributed by atoms with Crippen LogP contribution in [0.2, 0.25) is 5.02 Å². The smallest absolute Gasteiger partial charge is 0.0408 e. The summed E-state index contributed by atoms with van der Waals surface area (Å²) in [5, 5.41) is 0.800. The second-order valence-electron chi connectivity index (χ2n) is 4.80. The molecule has 3 heteroatoms. The van der Waals surface area contributed by atoms with Gasteiger partial charge in [0.15, 0.2) is 0 Å². The third kappa shape index (κ3) is 5.40. The quantitative estimate of drug-likeness (QED) is 0.450. The van der Waals surface area contributed by atoms with Gasteiger partial charge in [-0.2, -0.15) is 0 Å². The molecule has 0 nitrogen and oxygen atoms in total. The summed E-state index contributed by atoms with van der Waals surface area (Å²) in [6.45, 7) is 0. The van der Waals surface area contributed by atoms with Crippen LogP contribution < -0.4 is 0 Å². The molecule has 0 saturated heterocycles. The highest BCUT2D eigenvalue weighted by atomic mass is 35.5. The predicted octanol–water partition coefficient (Wildman–Crippen LogP) is 5.92. The Morgan fingerprint density at radius 1 is 1.00 bits per heavy atom. The van der Waals surface area contributed by atoms with E-state index in [-0.39, 0.29) is 0 Å². The van der Waals surface area contributed by atoms with Crippen LogP contribution in [0.15, 0.2) is 59.5 Å². The molecule has 0 aliphatic heterocycles. The molecule has 0 fully saturated rings. The largest absolute Gasteiger partial charge is 0.126 e. The Bertz CT molecular complexity index is 513. The minimum Gasteiger partial charge on any atom is -0.126 e. The fourth-order valence-corrected chi connectivity index (χ4v) is 3.60. The van der Waals surface area contributed by atoms with Crippen molar-refractivity contribution in [1.82, 2.24) is 0 Å². The van der Waals surface area contributed by atoms with Crippen LogP contribution in [0.1, 0.15) is 12.0 Å². The van der Waals surface area contributed by atoms with Gasteiger partial charge in [0.05, 0.1) is 0 Å². The summed E-state index contributed by atoms with van der Waals surface area (Å²) >= 11 is 14.0. The highest BCUT2D eigenvalue weighted by Crippen LogP contribution is 2.23. The topological polar surface area (TPSA) is 0 Å². The zero-order valence-corrected chi connectivity index (χ0v) is 13.6. The van der Waals surface area contributed by atoms with E-state index in [1.165, 1.54) is 10.5 Å². The fourth-order valence-electron chi connectivity index (χ4n) is 2.09. The third-order valence-corrected chi connectivity index (χ3v) is 4.89. The fraction of sp³-hybridized carbons (Fsp3) is 0.294. The SMILES string of the molecule is ClCC(CCSc1ccccc1)Cc1cccc(Cl)c1. The van der Waals surface area contributed by atoms with Gasteiger partial charge in [-0.05, 0) is 54.3 Å². The second-order valence-corrected chi connectivity index (χ2v) is 6.72. The van der Waals surface area contributed by atoms with Crippen LogP contribution in [-0.4, -0.2) is 11.6 Å². The lowest BCUT2D eigenvalue weighted by molar-refractivity contribution is 0.571. The number of rotatable bonds is 7. The van der Waals surface area contributed by atoms with Crippen molar-refractivity contribution < 1.29 is 0 Å². The summed E-state index contributed by atoms with van der Waals surface area (Å²) in [5.41, 5.74) is 1.27. The van der Waals surface area contributed by atoms with Crippen LogP contribution >= 0.6 is 35.0 Å². The molecule has 0 aliphatic rings. The number of thioether (sulfide) groups is 1. The molecule has 2 aromatic rings. The van der Waals surface area contributed by atoms with E-state index in [0.29, 0.717) is 11.8 Å². The van der Waals surface area contributed by atoms with Crippen molar-refractivity contribution in [1.29, 1.82) is 0 Å². The van der Waals surface area contributed by atoms with E-state index in [0.717, 1.165) is 23.6 Å². The minimum absolute atomic E-state index is 0.506. The van der Waals surface area contributed by atoms with Gasteiger partial charge in [-0.3, -0.25) is 0 Å². The number of hydrogen-bond donors (Lipinski definition) is 0. The molecule has 0 N–H and O–H groups in total. The molecular formula is C17H18Cl2S. The Kier molecular flexibility index (Phi) is 6.78. The summed E-state index contributed by atoms with van der Waals surface area (Å²) in [6.07, 6.45) is 2.12. The van der Waals surface area contributed by atoms with E-state index < -0.39 is 0 Å². The maximum Gasteiger partial charge on any atom is 0.0408 e. The Balaban J connectivity index is 1.80. The van der Waals surface area contributed by atoms with E-state index in [1.54, 1.807) is 0 Å². The molecule has 0 amide bonds. The summed E-state index contributed by atoms with van der Waals surface area (Å²) in [7, 11) is 0. The lowest BCUT2D eigenvalue weighted by Gasteiger charge is -2.14. The number of hydrogen-bond acceptors (Lipinski definition) is 1. The van der Waals surface area contributed by atoms with Crippen molar-refractivity contribution in [2.45, 2.75) is 17.7 Å². The molecule has 0 radical (unpaired) electrons. The number of alkyl halides is 1. The molecule has 0 aliphatic carbocycles. The molecule has 0 bridgehead atoms. The van der Waals surface area contributed by atoms with Gasteiger partial charge in [0.1, 0.15) is 0 Å². The lowest BCUT2D eigenvalue weighted by Crippen LogP contribution is -2.07. The molecule has 20 heavy (non-hydrogen) atoms. The van der Waals surface area contributed by atoms with Gasteiger partial charge in [0.25, 0.3) is 0 Å². The van der Waals surface area contributed by atoms with E-state index in [4.69, 9.17) is 23.2 Å². The van der Waals surface area contributed by atoms with E-state index in [1.807, 2.05) is 36.0 Å². The van der Waals surface area contributed by atoms with E-state index >= 15 is 0 Å². The molecule has 2 aromatic carbocycles. The molecule has 1 atom stereocenters. The van der Waals surface area contributed by atoms with Crippen LogP contribution in [0.4, 0.5) is 0 Å². The van der Waals surface area contributed by atoms with Crippen LogP contribution in [-0.2, 0) is 6.42 Å². The average Bonchev–Trinajstić information content (AvgIpc) is 2.47. The first-order chi connectivity index (χ1) is 9.78.